The molecule has 0 radical (unpaired) electrons. The fraction of sp³-hybridized carbons (Fsp3) is 0.318. The SMILES string of the molecule is Cc1ccc(C)c(C2CCCN2C(=O)c2ccc(-c3nnc(C)o3)cc2)c1. The topological polar surface area (TPSA) is 59.2 Å². The van der Waals surface area contributed by atoms with Crippen molar-refractivity contribution in [2.24, 2.45) is 0 Å². The van der Waals surface area contributed by atoms with Gasteiger partial charge >= 0.3 is 0 Å². The number of rotatable bonds is 3. The second kappa shape index (κ2) is 6.99. The number of aromatic nitrogens is 2. The zero-order valence-electron chi connectivity index (χ0n) is 15.9. The highest BCUT2D eigenvalue weighted by Crippen LogP contribution is 2.35. The number of hydrogen-bond donors (Lipinski definition) is 0. The Labute approximate surface area is 159 Å². The van der Waals surface area contributed by atoms with Crippen LogP contribution < -0.4 is 0 Å². The molecule has 1 aliphatic rings. The Bertz CT molecular complexity index is 975. The van der Waals surface area contributed by atoms with Gasteiger partial charge < -0.3 is 9.32 Å². The average molecular weight is 361 g/mol. The van der Waals surface area contributed by atoms with Gasteiger partial charge in [0.15, 0.2) is 0 Å². The van der Waals surface area contributed by atoms with Crippen molar-refractivity contribution in [3.05, 3.63) is 70.6 Å². The minimum Gasteiger partial charge on any atom is -0.421 e. The van der Waals surface area contributed by atoms with Crippen molar-refractivity contribution in [2.45, 2.75) is 39.7 Å². The van der Waals surface area contributed by atoms with Gasteiger partial charge in [0.25, 0.3) is 5.91 Å². The van der Waals surface area contributed by atoms with Gasteiger partial charge in [-0.05, 0) is 62.1 Å². The standard InChI is InChI=1S/C22H23N3O2/c1-14-6-7-15(2)19(13-14)20-5-4-12-25(20)22(26)18-10-8-17(9-11-18)21-24-23-16(3)27-21/h6-11,13,20H,4-5,12H2,1-3H3. The van der Waals surface area contributed by atoms with Crippen LogP contribution in [-0.4, -0.2) is 27.5 Å². The number of carbonyl (C=O) groups is 1. The third-order valence-electron chi connectivity index (χ3n) is 5.21. The normalized spacial score (nSPS) is 16.7. The quantitative estimate of drug-likeness (QED) is 0.682. The van der Waals surface area contributed by atoms with E-state index in [2.05, 4.69) is 42.2 Å². The van der Waals surface area contributed by atoms with E-state index in [9.17, 15) is 4.79 Å². The van der Waals surface area contributed by atoms with Crippen molar-refractivity contribution < 1.29 is 9.21 Å². The van der Waals surface area contributed by atoms with E-state index in [0.29, 0.717) is 17.3 Å². The van der Waals surface area contributed by atoms with E-state index in [0.717, 1.165) is 24.9 Å². The van der Waals surface area contributed by atoms with Crippen LogP contribution in [0.3, 0.4) is 0 Å². The van der Waals surface area contributed by atoms with Gasteiger partial charge in [0.1, 0.15) is 0 Å². The van der Waals surface area contributed by atoms with Crippen molar-refractivity contribution in [3.63, 3.8) is 0 Å². The smallest absolute Gasteiger partial charge is 0.254 e. The molecule has 1 unspecified atom stereocenters. The van der Waals surface area contributed by atoms with E-state index >= 15 is 0 Å². The van der Waals surface area contributed by atoms with E-state index in [4.69, 9.17) is 4.42 Å². The highest BCUT2D eigenvalue weighted by Gasteiger charge is 2.31. The fourth-order valence-corrected chi connectivity index (χ4v) is 3.79. The molecular weight excluding hydrogens is 338 g/mol. The second-order valence-electron chi connectivity index (χ2n) is 7.22. The fourth-order valence-electron chi connectivity index (χ4n) is 3.79. The van der Waals surface area contributed by atoms with Gasteiger partial charge in [-0.1, -0.05) is 23.8 Å². The lowest BCUT2D eigenvalue weighted by Gasteiger charge is -2.27. The zero-order valence-corrected chi connectivity index (χ0v) is 15.9. The molecule has 138 valence electrons. The number of likely N-dealkylation sites (tertiary alicyclic amines) is 1. The maximum Gasteiger partial charge on any atom is 0.254 e. The van der Waals surface area contributed by atoms with Crippen molar-refractivity contribution in [3.8, 4) is 11.5 Å². The summed E-state index contributed by atoms with van der Waals surface area (Å²) in [5.41, 5.74) is 5.24. The Morgan fingerprint density at radius 1 is 1.07 bits per heavy atom. The molecule has 0 aliphatic carbocycles. The summed E-state index contributed by atoms with van der Waals surface area (Å²) < 4.78 is 5.45. The molecule has 1 atom stereocenters. The predicted molar refractivity (Wildman–Crippen MR) is 103 cm³/mol. The second-order valence-corrected chi connectivity index (χ2v) is 7.22. The van der Waals surface area contributed by atoms with Gasteiger partial charge in [-0.15, -0.1) is 10.2 Å². The van der Waals surface area contributed by atoms with Crippen molar-refractivity contribution >= 4 is 5.91 Å². The zero-order chi connectivity index (χ0) is 19.0. The summed E-state index contributed by atoms with van der Waals surface area (Å²) in [5, 5.41) is 7.88. The van der Waals surface area contributed by atoms with E-state index < -0.39 is 0 Å². The lowest BCUT2D eigenvalue weighted by molar-refractivity contribution is 0.0735. The highest BCUT2D eigenvalue weighted by molar-refractivity contribution is 5.95. The summed E-state index contributed by atoms with van der Waals surface area (Å²) in [4.78, 5) is 15.2. The Morgan fingerprint density at radius 3 is 2.56 bits per heavy atom. The molecule has 3 aromatic rings. The van der Waals surface area contributed by atoms with Crippen LogP contribution >= 0.6 is 0 Å². The molecule has 0 N–H and O–H groups in total. The molecule has 1 saturated heterocycles. The summed E-state index contributed by atoms with van der Waals surface area (Å²) >= 11 is 0. The summed E-state index contributed by atoms with van der Waals surface area (Å²) in [5.74, 6) is 1.08. The Morgan fingerprint density at radius 2 is 1.85 bits per heavy atom. The molecule has 1 aliphatic heterocycles. The number of carbonyl (C=O) groups excluding carboxylic acids is 1. The molecule has 0 bridgehead atoms. The molecule has 4 rings (SSSR count). The molecule has 0 spiro atoms. The summed E-state index contributed by atoms with van der Waals surface area (Å²) in [7, 11) is 0. The predicted octanol–water partition coefficient (Wildman–Crippen LogP) is 4.64. The lowest BCUT2D eigenvalue weighted by atomic mass is 9.97. The van der Waals surface area contributed by atoms with Crippen molar-refractivity contribution in [2.75, 3.05) is 6.54 Å². The molecule has 5 heteroatoms. The van der Waals surface area contributed by atoms with Crippen LogP contribution in [0.2, 0.25) is 0 Å². The van der Waals surface area contributed by atoms with Crippen LogP contribution in [0.15, 0.2) is 46.9 Å². The first-order valence-electron chi connectivity index (χ1n) is 9.31. The summed E-state index contributed by atoms with van der Waals surface area (Å²) in [6, 6.07) is 14.0. The summed E-state index contributed by atoms with van der Waals surface area (Å²) in [6.07, 6.45) is 2.04. The average Bonchev–Trinajstić information content (AvgIpc) is 3.32. The van der Waals surface area contributed by atoms with Gasteiger partial charge in [-0.25, -0.2) is 0 Å². The third-order valence-corrected chi connectivity index (χ3v) is 5.21. The van der Waals surface area contributed by atoms with Crippen LogP contribution in [0.25, 0.3) is 11.5 Å². The monoisotopic (exact) mass is 361 g/mol. The van der Waals surface area contributed by atoms with Crippen LogP contribution in [0.1, 0.15) is 51.8 Å². The van der Waals surface area contributed by atoms with E-state index in [1.807, 2.05) is 29.2 Å². The summed E-state index contributed by atoms with van der Waals surface area (Å²) in [6.45, 7) is 6.77. The molecule has 27 heavy (non-hydrogen) atoms. The molecule has 2 aromatic carbocycles. The van der Waals surface area contributed by atoms with Crippen LogP contribution in [0.4, 0.5) is 0 Å². The van der Waals surface area contributed by atoms with Gasteiger partial charge in [-0.3, -0.25) is 4.79 Å². The van der Waals surface area contributed by atoms with Crippen LogP contribution in [0, 0.1) is 20.8 Å². The Hall–Kier alpha value is -2.95. The number of hydrogen-bond acceptors (Lipinski definition) is 4. The maximum atomic E-state index is 13.2. The maximum absolute atomic E-state index is 13.2. The van der Waals surface area contributed by atoms with Gasteiger partial charge in [0, 0.05) is 24.6 Å². The molecule has 0 saturated carbocycles. The van der Waals surface area contributed by atoms with E-state index in [1.165, 1.54) is 16.7 Å². The molecule has 1 aromatic heterocycles. The van der Waals surface area contributed by atoms with Gasteiger partial charge in [-0.2, -0.15) is 0 Å². The van der Waals surface area contributed by atoms with Crippen LogP contribution in [-0.2, 0) is 0 Å². The number of aryl methyl sites for hydroxylation is 3. The molecule has 1 fully saturated rings. The Balaban J connectivity index is 1.59. The highest BCUT2D eigenvalue weighted by atomic mass is 16.4. The Kier molecular flexibility index (Phi) is 4.52. The lowest BCUT2D eigenvalue weighted by Crippen LogP contribution is -2.30. The number of amides is 1. The van der Waals surface area contributed by atoms with E-state index in [-0.39, 0.29) is 11.9 Å². The van der Waals surface area contributed by atoms with Crippen LogP contribution in [0.5, 0.6) is 0 Å². The minimum atomic E-state index is 0.0756. The first kappa shape index (κ1) is 17.5. The molecule has 2 heterocycles. The van der Waals surface area contributed by atoms with E-state index in [1.54, 1.807) is 6.92 Å². The first-order valence-corrected chi connectivity index (χ1v) is 9.31. The minimum absolute atomic E-state index is 0.0756. The largest absolute Gasteiger partial charge is 0.421 e. The van der Waals surface area contributed by atoms with Gasteiger partial charge in [0.05, 0.1) is 6.04 Å². The molecule has 5 nitrogen and oxygen atoms in total. The first-order chi connectivity index (χ1) is 13.0. The van der Waals surface area contributed by atoms with Crippen molar-refractivity contribution in [1.82, 2.24) is 15.1 Å². The molecular formula is C22H23N3O2. The van der Waals surface area contributed by atoms with Gasteiger partial charge in [0.2, 0.25) is 11.8 Å². The third kappa shape index (κ3) is 3.37. The number of nitrogens with zero attached hydrogens (tertiary/aromatic N) is 3. The number of benzene rings is 2. The molecule has 1 amide bonds. The van der Waals surface area contributed by atoms with Crippen molar-refractivity contribution in [1.29, 1.82) is 0 Å².